The molecule has 2 spiro atoms. The summed E-state index contributed by atoms with van der Waals surface area (Å²) in [5, 5.41) is 2.53. The molecule has 1 aromatic heterocycles. The molecule has 18 aromatic rings. The summed E-state index contributed by atoms with van der Waals surface area (Å²) in [6, 6.07) is 144. The molecule has 4 aliphatic heterocycles. The summed E-state index contributed by atoms with van der Waals surface area (Å²) in [5.41, 5.74) is 33.5. The first-order valence-electron chi connectivity index (χ1n) is 38.0. The Bertz CT molecular complexity index is 6500. The van der Waals surface area contributed by atoms with Crippen LogP contribution in [0.2, 0.25) is 0 Å². The van der Waals surface area contributed by atoms with Crippen molar-refractivity contribution >= 4 is 88.7 Å². The van der Waals surface area contributed by atoms with Gasteiger partial charge in [0, 0.05) is 76.3 Å². The first-order valence-corrected chi connectivity index (χ1v) is 38.9. The summed E-state index contributed by atoms with van der Waals surface area (Å²) in [6.45, 7) is -0.429. The zero-order valence-electron chi connectivity index (χ0n) is 59.6. The van der Waals surface area contributed by atoms with Crippen LogP contribution >= 0.6 is 11.3 Å². The minimum absolute atomic E-state index is 0.429. The molecule has 0 fully saturated rings. The summed E-state index contributed by atoms with van der Waals surface area (Å²) in [4.78, 5) is 5.35. The maximum Gasteiger partial charge on any atom is 0.252 e. The highest BCUT2D eigenvalue weighted by Gasteiger charge is 2.56. The molecule has 4 nitrogen and oxygen atoms in total. The molecule has 0 saturated carbocycles. The highest BCUT2D eigenvalue weighted by molar-refractivity contribution is 7.25. The molecular formula is C104H63BN2O2S. The summed E-state index contributed by atoms with van der Waals surface area (Å²) in [7, 11) is 0. The zero-order chi connectivity index (χ0) is 71.9. The van der Waals surface area contributed by atoms with Crippen molar-refractivity contribution in [2.45, 2.75) is 10.8 Å². The van der Waals surface area contributed by atoms with Crippen LogP contribution in [0.1, 0.15) is 44.5 Å². The van der Waals surface area contributed by atoms with Crippen molar-refractivity contribution in [2.75, 3.05) is 9.80 Å². The second-order valence-corrected chi connectivity index (χ2v) is 31.0. The van der Waals surface area contributed by atoms with E-state index < -0.39 is 17.5 Å². The van der Waals surface area contributed by atoms with Gasteiger partial charge in [-0.05, 0) is 178 Å². The van der Waals surface area contributed by atoms with Gasteiger partial charge in [-0.2, -0.15) is 0 Å². The number of nitrogens with zero attached hydrogens (tertiary/aromatic N) is 2. The number of para-hydroxylation sites is 2. The molecule has 2 aliphatic carbocycles. The van der Waals surface area contributed by atoms with Crippen LogP contribution in [0.3, 0.4) is 0 Å². The molecular weight excluding hydrogens is 1350 g/mol. The minimum atomic E-state index is -0.791. The lowest BCUT2D eigenvalue weighted by molar-refractivity contribution is 0.437. The van der Waals surface area contributed by atoms with Crippen LogP contribution in [0.25, 0.3) is 98.1 Å². The Kier molecular flexibility index (Phi) is 13.0. The van der Waals surface area contributed by atoms with Gasteiger partial charge >= 0.3 is 0 Å². The fourth-order valence-electron chi connectivity index (χ4n) is 20.1. The lowest BCUT2D eigenvalue weighted by Gasteiger charge is -2.47. The Morgan fingerprint density at radius 3 is 1.03 bits per heavy atom. The summed E-state index contributed by atoms with van der Waals surface area (Å²) in [6.07, 6.45) is 0. The molecule has 24 rings (SSSR count). The average molecular weight is 1420 g/mol. The van der Waals surface area contributed by atoms with Gasteiger partial charge in [-0.15, -0.1) is 11.3 Å². The monoisotopic (exact) mass is 1410 g/mol. The SMILES string of the molecule is c1ccc(-c2ccc(-c3ccccc3)c(N3c4cc5c(cc4B4c6cc7c(cc6N(c6cc(-c8ccccc8)ccc6-c6ccccc6)c6cc(-c8ccc9c(c8)sc8ccccc89)cc3c64)C3(c4ccccc4O7)c4ccccc4-c4ccccc43)Oc3ccccc3C53c4ccccc4-c4ccccc43)c2)cc1. The Morgan fingerprint density at radius 2 is 0.573 bits per heavy atom. The molecule has 0 amide bonds. The van der Waals surface area contributed by atoms with Gasteiger partial charge in [0.2, 0.25) is 0 Å². The van der Waals surface area contributed by atoms with E-state index in [1.807, 2.05) is 11.3 Å². The van der Waals surface area contributed by atoms with Crippen LogP contribution < -0.4 is 35.7 Å². The van der Waals surface area contributed by atoms with Crippen molar-refractivity contribution < 1.29 is 9.47 Å². The summed E-state index contributed by atoms with van der Waals surface area (Å²) < 4.78 is 18.0. The predicted molar refractivity (Wildman–Crippen MR) is 455 cm³/mol. The molecule has 0 atom stereocenters. The number of ether oxygens (including phenoxy) is 2. The molecule has 0 radical (unpaired) electrons. The highest BCUT2D eigenvalue weighted by Crippen LogP contribution is 2.66. The number of rotatable bonds is 7. The van der Waals surface area contributed by atoms with Gasteiger partial charge in [0.05, 0.1) is 22.2 Å². The average Bonchev–Trinajstić information content (AvgIpc) is 1.13. The second kappa shape index (κ2) is 23.4. The molecule has 0 saturated heterocycles. The van der Waals surface area contributed by atoms with E-state index in [0.717, 1.165) is 151 Å². The van der Waals surface area contributed by atoms with Crippen LogP contribution in [0.5, 0.6) is 23.0 Å². The van der Waals surface area contributed by atoms with Crippen LogP contribution in [-0.2, 0) is 10.8 Å². The molecule has 5 heterocycles. The van der Waals surface area contributed by atoms with Crippen LogP contribution in [0, 0.1) is 0 Å². The Balaban J connectivity index is 0.892. The number of anilines is 6. The molecule has 6 aliphatic rings. The standard InChI is InChI=1S/C104H63BN2O2S/c1-5-27-64(28-6-1)68-49-52-72(66-31-9-3-10-32-66)90(55-68)106-92-60-86-98(108-96-46-24-22-44-84(96)103(86)80-40-18-13-35-74(80)75-36-14-19-41-81(75)103)62-88(92)105-89-63-99-87(104(85-45-23-25-47-97(85)109-99)82-42-20-15-37-76(82)77-38-16-21-43-83(77)104)61-93(89)107(91-56-69(65-29-7-2-8-30-65)50-53-73(91)67-33-11-4-12-34-67)95-58-71(57-94(106)102(95)105)70-51-54-79-78-39-17-26-48-100(78)110-101(79)59-70/h1-63H. The molecule has 110 heavy (non-hydrogen) atoms. The maximum absolute atomic E-state index is 7.74. The number of hydrogen-bond acceptors (Lipinski definition) is 5. The predicted octanol–water partition coefficient (Wildman–Crippen LogP) is 25.4. The fraction of sp³-hybridized carbons (Fsp3) is 0.0192. The lowest BCUT2D eigenvalue weighted by Crippen LogP contribution is -2.61. The molecule has 6 heteroatoms. The van der Waals surface area contributed by atoms with Crippen LogP contribution in [0.4, 0.5) is 34.1 Å². The normalized spacial score (nSPS) is 14.1. The van der Waals surface area contributed by atoms with Gasteiger partial charge in [-0.1, -0.05) is 309 Å². The molecule has 0 bridgehead atoms. The van der Waals surface area contributed by atoms with E-state index in [0.29, 0.717) is 0 Å². The summed E-state index contributed by atoms with van der Waals surface area (Å²) >= 11 is 1.87. The highest BCUT2D eigenvalue weighted by atomic mass is 32.1. The van der Waals surface area contributed by atoms with Crippen molar-refractivity contribution in [1.82, 2.24) is 0 Å². The van der Waals surface area contributed by atoms with Gasteiger partial charge in [0.25, 0.3) is 6.71 Å². The van der Waals surface area contributed by atoms with E-state index in [-0.39, 0.29) is 0 Å². The van der Waals surface area contributed by atoms with Gasteiger partial charge in [-0.25, -0.2) is 0 Å². The van der Waals surface area contributed by atoms with Crippen LogP contribution in [0.15, 0.2) is 382 Å². The number of hydrogen-bond donors (Lipinski definition) is 0. The van der Waals surface area contributed by atoms with Crippen molar-refractivity contribution in [1.29, 1.82) is 0 Å². The van der Waals surface area contributed by atoms with E-state index in [1.54, 1.807) is 0 Å². The molecule has 0 N–H and O–H groups in total. The van der Waals surface area contributed by atoms with Gasteiger partial charge in [0.15, 0.2) is 0 Å². The second-order valence-electron chi connectivity index (χ2n) is 30.0. The third kappa shape index (κ3) is 8.51. The lowest BCUT2D eigenvalue weighted by atomic mass is 9.33. The Labute approximate surface area is 642 Å². The first kappa shape index (κ1) is 61.4. The topological polar surface area (TPSA) is 24.9 Å². The number of thiophene rings is 1. The van der Waals surface area contributed by atoms with E-state index in [9.17, 15) is 0 Å². The van der Waals surface area contributed by atoms with E-state index in [2.05, 4.69) is 392 Å². The third-order valence-corrected chi connectivity index (χ3v) is 25.7. The van der Waals surface area contributed by atoms with E-state index in [1.165, 1.54) is 64.7 Å². The summed E-state index contributed by atoms with van der Waals surface area (Å²) in [5.74, 6) is 3.32. The molecule has 17 aromatic carbocycles. The largest absolute Gasteiger partial charge is 0.457 e. The van der Waals surface area contributed by atoms with Crippen molar-refractivity contribution in [3.63, 3.8) is 0 Å². The van der Waals surface area contributed by atoms with Crippen molar-refractivity contribution in [2.24, 2.45) is 0 Å². The van der Waals surface area contributed by atoms with Gasteiger partial charge < -0.3 is 19.3 Å². The third-order valence-electron chi connectivity index (χ3n) is 24.6. The van der Waals surface area contributed by atoms with E-state index in [4.69, 9.17) is 9.47 Å². The van der Waals surface area contributed by atoms with Crippen LogP contribution in [-0.4, -0.2) is 6.71 Å². The quantitative estimate of drug-likeness (QED) is 0.149. The Morgan fingerprint density at radius 1 is 0.218 bits per heavy atom. The van der Waals surface area contributed by atoms with Gasteiger partial charge in [0.1, 0.15) is 23.0 Å². The van der Waals surface area contributed by atoms with Crippen molar-refractivity contribution in [3.05, 3.63) is 427 Å². The van der Waals surface area contributed by atoms with E-state index >= 15 is 0 Å². The Hall–Kier alpha value is -13.8. The zero-order valence-corrected chi connectivity index (χ0v) is 60.4. The number of benzene rings is 17. The molecule has 0 unspecified atom stereocenters. The smallest absolute Gasteiger partial charge is 0.252 e. The minimum Gasteiger partial charge on any atom is -0.457 e. The number of fused-ring (bicyclic) bond motifs is 25. The van der Waals surface area contributed by atoms with Crippen molar-refractivity contribution in [3.8, 4) is 101 Å². The first-order chi connectivity index (χ1) is 54.5. The van der Waals surface area contributed by atoms with Gasteiger partial charge in [-0.3, -0.25) is 0 Å². The maximum atomic E-state index is 7.74. The molecule has 510 valence electrons. The fourth-order valence-corrected chi connectivity index (χ4v) is 21.2.